The van der Waals surface area contributed by atoms with Crippen LogP contribution in [0, 0.1) is 13.8 Å². The lowest BCUT2D eigenvalue weighted by Gasteiger charge is -2.26. The summed E-state index contributed by atoms with van der Waals surface area (Å²) in [6, 6.07) is 8.16. The van der Waals surface area contributed by atoms with Gasteiger partial charge in [-0.2, -0.15) is 0 Å². The van der Waals surface area contributed by atoms with Crippen molar-refractivity contribution in [1.82, 2.24) is 19.7 Å². The van der Waals surface area contributed by atoms with Gasteiger partial charge in [0.25, 0.3) is 0 Å². The fourth-order valence-corrected chi connectivity index (χ4v) is 3.78. The Bertz CT molecular complexity index is 692. The molecule has 23 heavy (non-hydrogen) atoms. The first kappa shape index (κ1) is 16.1. The topological polar surface area (TPSA) is 51.0 Å². The number of likely N-dealkylation sites (tertiary alicyclic amines) is 1. The number of thioether (sulfide) groups is 1. The van der Waals surface area contributed by atoms with Crippen molar-refractivity contribution in [1.29, 1.82) is 0 Å². The molecule has 1 aliphatic heterocycles. The molecule has 0 N–H and O–H groups in total. The van der Waals surface area contributed by atoms with Gasteiger partial charge in [0, 0.05) is 13.1 Å². The van der Waals surface area contributed by atoms with Crippen LogP contribution in [-0.4, -0.2) is 44.4 Å². The summed E-state index contributed by atoms with van der Waals surface area (Å²) in [6.45, 7) is 5.80. The molecule has 0 saturated carbocycles. The summed E-state index contributed by atoms with van der Waals surface area (Å²) < 4.78 is 2.03. The highest BCUT2D eigenvalue weighted by atomic mass is 32.2. The molecule has 0 aliphatic carbocycles. The van der Waals surface area contributed by atoms with Gasteiger partial charge in [0.15, 0.2) is 5.16 Å². The minimum Gasteiger partial charge on any atom is -0.342 e. The second-order valence-corrected chi connectivity index (χ2v) is 6.82. The SMILES string of the molecule is Cc1ccccc1-n1c(C)nnc1SCC(=O)N1CCCCC1. The Hall–Kier alpha value is -1.82. The summed E-state index contributed by atoms with van der Waals surface area (Å²) in [5.41, 5.74) is 2.24. The van der Waals surface area contributed by atoms with Gasteiger partial charge in [0.1, 0.15) is 5.82 Å². The van der Waals surface area contributed by atoms with Crippen LogP contribution in [0.2, 0.25) is 0 Å². The molecule has 1 fully saturated rings. The number of carbonyl (C=O) groups excluding carboxylic acids is 1. The van der Waals surface area contributed by atoms with Gasteiger partial charge < -0.3 is 4.90 Å². The molecule has 1 saturated heterocycles. The zero-order valence-electron chi connectivity index (χ0n) is 13.7. The van der Waals surface area contributed by atoms with Crippen molar-refractivity contribution in [2.45, 2.75) is 38.3 Å². The van der Waals surface area contributed by atoms with E-state index in [1.165, 1.54) is 23.7 Å². The Kier molecular flexibility index (Phi) is 5.00. The van der Waals surface area contributed by atoms with Crippen molar-refractivity contribution in [2.75, 3.05) is 18.8 Å². The van der Waals surface area contributed by atoms with E-state index >= 15 is 0 Å². The first-order valence-electron chi connectivity index (χ1n) is 8.05. The lowest BCUT2D eigenvalue weighted by atomic mass is 10.1. The predicted molar refractivity (Wildman–Crippen MR) is 92.0 cm³/mol. The van der Waals surface area contributed by atoms with Gasteiger partial charge in [0.05, 0.1) is 11.4 Å². The molecule has 1 aromatic carbocycles. The number of aryl methyl sites for hydroxylation is 2. The molecule has 1 aliphatic rings. The molecule has 1 amide bonds. The molecule has 6 heteroatoms. The zero-order chi connectivity index (χ0) is 16.2. The number of amides is 1. The van der Waals surface area contributed by atoms with Crippen molar-refractivity contribution in [3.63, 3.8) is 0 Å². The van der Waals surface area contributed by atoms with Crippen LogP contribution in [0.25, 0.3) is 5.69 Å². The third-order valence-electron chi connectivity index (χ3n) is 4.19. The van der Waals surface area contributed by atoms with Gasteiger partial charge in [-0.15, -0.1) is 10.2 Å². The van der Waals surface area contributed by atoms with Gasteiger partial charge in [-0.05, 0) is 44.7 Å². The number of piperidine rings is 1. The fourth-order valence-electron chi connectivity index (χ4n) is 2.89. The van der Waals surface area contributed by atoms with Gasteiger partial charge in [-0.1, -0.05) is 30.0 Å². The van der Waals surface area contributed by atoms with Crippen LogP contribution < -0.4 is 0 Å². The molecule has 0 radical (unpaired) electrons. The molecule has 3 rings (SSSR count). The first-order valence-corrected chi connectivity index (χ1v) is 9.04. The quantitative estimate of drug-likeness (QED) is 0.809. The molecule has 122 valence electrons. The number of aromatic nitrogens is 3. The second-order valence-electron chi connectivity index (χ2n) is 5.88. The highest BCUT2D eigenvalue weighted by Crippen LogP contribution is 2.24. The highest BCUT2D eigenvalue weighted by Gasteiger charge is 2.19. The Morgan fingerprint density at radius 2 is 1.87 bits per heavy atom. The van der Waals surface area contributed by atoms with Crippen LogP contribution in [0.15, 0.2) is 29.4 Å². The summed E-state index contributed by atoms with van der Waals surface area (Å²) >= 11 is 1.47. The van der Waals surface area contributed by atoms with E-state index in [0.717, 1.165) is 42.6 Å². The molecule has 2 heterocycles. The third-order valence-corrected chi connectivity index (χ3v) is 5.10. The molecule has 5 nitrogen and oxygen atoms in total. The molecular formula is C17H22N4OS. The smallest absolute Gasteiger partial charge is 0.233 e. The third kappa shape index (κ3) is 3.58. The zero-order valence-corrected chi connectivity index (χ0v) is 14.5. The monoisotopic (exact) mass is 330 g/mol. The van der Waals surface area contributed by atoms with Gasteiger partial charge in [-0.25, -0.2) is 0 Å². The Balaban J connectivity index is 1.74. The summed E-state index contributed by atoms with van der Waals surface area (Å²) in [4.78, 5) is 14.3. The number of carbonyl (C=O) groups is 1. The fraction of sp³-hybridized carbons (Fsp3) is 0.471. The standard InChI is InChI=1S/C17H22N4OS/c1-13-8-4-5-9-15(13)21-14(2)18-19-17(21)23-12-16(22)20-10-6-3-7-11-20/h4-5,8-9H,3,6-7,10-12H2,1-2H3. The van der Waals surface area contributed by atoms with E-state index < -0.39 is 0 Å². The first-order chi connectivity index (χ1) is 11.2. The van der Waals surface area contributed by atoms with Gasteiger partial charge in [-0.3, -0.25) is 9.36 Å². The molecule has 0 bridgehead atoms. The maximum absolute atomic E-state index is 12.3. The van der Waals surface area contributed by atoms with E-state index in [1.807, 2.05) is 28.5 Å². The van der Waals surface area contributed by atoms with Crippen LogP contribution >= 0.6 is 11.8 Å². The van der Waals surface area contributed by atoms with E-state index in [0.29, 0.717) is 5.75 Å². The highest BCUT2D eigenvalue weighted by molar-refractivity contribution is 7.99. The minimum atomic E-state index is 0.201. The number of rotatable bonds is 4. The molecule has 0 unspecified atom stereocenters. The van der Waals surface area contributed by atoms with Crippen LogP contribution in [0.1, 0.15) is 30.7 Å². The van der Waals surface area contributed by atoms with E-state index in [-0.39, 0.29) is 5.91 Å². The number of nitrogens with zero attached hydrogens (tertiary/aromatic N) is 4. The maximum atomic E-state index is 12.3. The molecular weight excluding hydrogens is 308 g/mol. The number of hydrogen-bond acceptors (Lipinski definition) is 4. The average Bonchev–Trinajstić information content (AvgIpc) is 2.94. The van der Waals surface area contributed by atoms with Crippen molar-refractivity contribution >= 4 is 17.7 Å². The molecule has 0 atom stereocenters. The van der Waals surface area contributed by atoms with Crippen molar-refractivity contribution in [3.05, 3.63) is 35.7 Å². The van der Waals surface area contributed by atoms with E-state index in [2.05, 4.69) is 29.3 Å². The average molecular weight is 330 g/mol. The number of benzene rings is 1. The predicted octanol–water partition coefficient (Wildman–Crippen LogP) is 2.99. The van der Waals surface area contributed by atoms with Crippen LogP contribution in [0.4, 0.5) is 0 Å². The summed E-state index contributed by atoms with van der Waals surface area (Å²) in [7, 11) is 0. The Morgan fingerprint density at radius 1 is 1.13 bits per heavy atom. The second kappa shape index (κ2) is 7.17. The lowest BCUT2D eigenvalue weighted by molar-refractivity contribution is -0.129. The van der Waals surface area contributed by atoms with Crippen molar-refractivity contribution in [2.24, 2.45) is 0 Å². The Labute approximate surface area is 141 Å². The summed E-state index contributed by atoms with van der Waals surface area (Å²) in [6.07, 6.45) is 3.47. The molecule has 0 spiro atoms. The maximum Gasteiger partial charge on any atom is 0.233 e. The molecule has 2 aromatic rings. The summed E-state index contributed by atoms with van der Waals surface area (Å²) in [5.74, 6) is 1.46. The van der Waals surface area contributed by atoms with Gasteiger partial charge >= 0.3 is 0 Å². The number of hydrogen-bond donors (Lipinski definition) is 0. The van der Waals surface area contributed by atoms with E-state index in [4.69, 9.17) is 0 Å². The molecule has 1 aromatic heterocycles. The van der Waals surface area contributed by atoms with E-state index in [1.54, 1.807) is 0 Å². The largest absolute Gasteiger partial charge is 0.342 e. The van der Waals surface area contributed by atoms with Gasteiger partial charge in [0.2, 0.25) is 5.91 Å². The van der Waals surface area contributed by atoms with Crippen LogP contribution in [-0.2, 0) is 4.79 Å². The Morgan fingerprint density at radius 3 is 2.61 bits per heavy atom. The van der Waals surface area contributed by atoms with Crippen molar-refractivity contribution in [3.8, 4) is 5.69 Å². The normalized spacial score (nSPS) is 15.0. The minimum absolute atomic E-state index is 0.201. The number of para-hydroxylation sites is 1. The summed E-state index contributed by atoms with van der Waals surface area (Å²) in [5, 5.41) is 9.23. The van der Waals surface area contributed by atoms with Crippen molar-refractivity contribution < 1.29 is 4.79 Å². The van der Waals surface area contributed by atoms with Crippen LogP contribution in [0.3, 0.4) is 0 Å². The van der Waals surface area contributed by atoms with Crippen LogP contribution in [0.5, 0.6) is 0 Å². The lowest BCUT2D eigenvalue weighted by Crippen LogP contribution is -2.36. The van der Waals surface area contributed by atoms with E-state index in [9.17, 15) is 4.79 Å².